The Labute approximate surface area is 141 Å². The number of nitrogens with one attached hydrogen (secondary N) is 1. The van der Waals surface area contributed by atoms with Gasteiger partial charge in [-0.15, -0.1) is 0 Å². The van der Waals surface area contributed by atoms with Gasteiger partial charge in [0, 0.05) is 18.7 Å². The SMILES string of the molecule is Cc1ccc(C(=O)NCCN2CC(c3ccccc3)OC2=O)cc1. The van der Waals surface area contributed by atoms with Crippen LogP contribution in [0.5, 0.6) is 0 Å². The van der Waals surface area contributed by atoms with Gasteiger partial charge in [0.2, 0.25) is 0 Å². The highest BCUT2D eigenvalue weighted by molar-refractivity contribution is 5.94. The van der Waals surface area contributed by atoms with Crippen molar-refractivity contribution < 1.29 is 14.3 Å². The van der Waals surface area contributed by atoms with Crippen molar-refractivity contribution in [1.82, 2.24) is 10.2 Å². The highest BCUT2D eigenvalue weighted by Gasteiger charge is 2.31. The van der Waals surface area contributed by atoms with Crippen molar-refractivity contribution in [1.29, 1.82) is 0 Å². The van der Waals surface area contributed by atoms with Gasteiger partial charge in [-0.1, -0.05) is 48.0 Å². The van der Waals surface area contributed by atoms with Gasteiger partial charge in [-0.2, -0.15) is 0 Å². The Balaban J connectivity index is 1.49. The van der Waals surface area contributed by atoms with Crippen LogP contribution in [-0.2, 0) is 4.74 Å². The molecule has 2 aromatic carbocycles. The lowest BCUT2D eigenvalue weighted by Gasteiger charge is -2.13. The van der Waals surface area contributed by atoms with E-state index in [0.29, 0.717) is 25.2 Å². The number of aryl methyl sites for hydroxylation is 1. The molecular weight excluding hydrogens is 304 g/mol. The largest absolute Gasteiger partial charge is 0.439 e. The van der Waals surface area contributed by atoms with Crippen molar-refractivity contribution in [2.75, 3.05) is 19.6 Å². The van der Waals surface area contributed by atoms with E-state index in [1.165, 1.54) is 0 Å². The number of carbonyl (C=O) groups excluding carboxylic acids is 2. The molecule has 5 nitrogen and oxygen atoms in total. The van der Waals surface area contributed by atoms with Crippen molar-refractivity contribution >= 4 is 12.0 Å². The first kappa shape index (κ1) is 16.1. The molecule has 1 heterocycles. The zero-order valence-corrected chi connectivity index (χ0v) is 13.6. The van der Waals surface area contributed by atoms with Crippen LogP contribution < -0.4 is 5.32 Å². The van der Waals surface area contributed by atoms with Gasteiger partial charge in [-0.3, -0.25) is 4.79 Å². The summed E-state index contributed by atoms with van der Waals surface area (Å²) >= 11 is 0. The van der Waals surface area contributed by atoms with Gasteiger partial charge < -0.3 is 15.0 Å². The predicted molar refractivity (Wildman–Crippen MR) is 90.7 cm³/mol. The van der Waals surface area contributed by atoms with E-state index in [4.69, 9.17) is 4.74 Å². The van der Waals surface area contributed by atoms with Gasteiger partial charge in [0.25, 0.3) is 5.91 Å². The molecule has 3 rings (SSSR count). The van der Waals surface area contributed by atoms with E-state index in [1.54, 1.807) is 17.0 Å². The van der Waals surface area contributed by atoms with Gasteiger partial charge in [0.1, 0.15) is 6.10 Å². The Morgan fingerprint density at radius 1 is 1.17 bits per heavy atom. The average Bonchev–Trinajstić information content (AvgIpc) is 2.97. The molecule has 1 atom stereocenters. The van der Waals surface area contributed by atoms with Gasteiger partial charge in [0.15, 0.2) is 0 Å². The standard InChI is InChI=1S/C19H20N2O3/c1-14-7-9-16(10-8-14)18(22)20-11-12-21-13-17(24-19(21)23)15-5-3-2-4-6-15/h2-10,17H,11-13H2,1H3,(H,20,22). The molecule has 1 unspecified atom stereocenters. The summed E-state index contributed by atoms with van der Waals surface area (Å²) < 4.78 is 5.39. The molecule has 1 aliphatic heterocycles. The quantitative estimate of drug-likeness (QED) is 0.920. The molecule has 1 saturated heterocycles. The minimum Gasteiger partial charge on any atom is -0.439 e. The monoisotopic (exact) mass is 324 g/mol. The van der Waals surface area contributed by atoms with Crippen LogP contribution in [0, 0.1) is 6.92 Å². The predicted octanol–water partition coefficient (Wildman–Crippen LogP) is 2.92. The topological polar surface area (TPSA) is 58.6 Å². The Morgan fingerprint density at radius 2 is 1.88 bits per heavy atom. The fourth-order valence-electron chi connectivity index (χ4n) is 2.64. The summed E-state index contributed by atoms with van der Waals surface area (Å²) in [5, 5.41) is 2.83. The van der Waals surface area contributed by atoms with Crippen LogP contribution in [-0.4, -0.2) is 36.5 Å². The lowest BCUT2D eigenvalue weighted by Crippen LogP contribution is -2.35. The number of carbonyl (C=O) groups is 2. The van der Waals surface area contributed by atoms with Gasteiger partial charge in [0.05, 0.1) is 6.54 Å². The summed E-state index contributed by atoms with van der Waals surface area (Å²) in [6, 6.07) is 17.1. The third kappa shape index (κ3) is 3.74. The number of rotatable bonds is 5. The number of hydrogen-bond donors (Lipinski definition) is 1. The number of benzene rings is 2. The highest BCUT2D eigenvalue weighted by atomic mass is 16.6. The van der Waals surface area contributed by atoms with E-state index in [-0.39, 0.29) is 18.1 Å². The average molecular weight is 324 g/mol. The lowest BCUT2D eigenvalue weighted by atomic mass is 10.1. The van der Waals surface area contributed by atoms with Crippen molar-refractivity contribution in [3.8, 4) is 0 Å². The summed E-state index contributed by atoms with van der Waals surface area (Å²) in [7, 11) is 0. The Kier molecular flexibility index (Phi) is 4.79. The number of nitrogens with zero attached hydrogens (tertiary/aromatic N) is 1. The minimum atomic E-state index is -0.339. The van der Waals surface area contributed by atoms with E-state index >= 15 is 0 Å². The van der Waals surface area contributed by atoms with Crippen molar-refractivity contribution in [3.05, 3.63) is 71.3 Å². The first-order valence-electron chi connectivity index (χ1n) is 7.99. The van der Waals surface area contributed by atoms with Crippen LogP contribution in [0.25, 0.3) is 0 Å². The third-order valence-electron chi connectivity index (χ3n) is 4.04. The van der Waals surface area contributed by atoms with Crippen LogP contribution in [0.2, 0.25) is 0 Å². The minimum absolute atomic E-state index is 0.137. The lowest BCUT2D eigenvalue weighted by molar-refractivity contribution is 0.0948. The molecule has 0 radical (unpaired) electrons. The maximum Gasteiger partial charge on any atom is 0.410 e. The first-order chi connectivity index (χ1) is 11.6. The van der Waals surface area contributed by atoms with E-state index in [0.717, 1.165) is 11.1 Å². The molecule has 1 aliphatic rings. The highest BCUT2D eigenvalue weighted by Crippen LogP contribution is 2.25. The molecule has 0 spiro atoms. The number of hydrogen-bond acceptors (Lipinski definition) is 3. The molecule has 124 valence electrons. The van der Waals surface area contributed by atoms with Gasteiger partial charge >= 0.3 is 6.09 Å². The third-order valence-corrected chi connectivity index (χ3v) is 4.04. The molecule has 1 N–H and O–H groups in total. The van der Waals surface area contributed by atoms with Crippen molar-refractivity contribution in [2.45, 2.75) is 13.0 Å². The smallest absolute Gasteiger partial charge is 0.410 e. The van der Waals surface area contributed by atoms with Crippen LogP contribution >= 0.6 is 0 Å². The summed E-state index contributed by atoms with van der Waals surface area (Å²) in [4.78, 5) is 25.6. The molecule has 0 aromatic heterocycles. The molecule has 5 heteroatoms. The van der Waals surface area contributed by atoms with Crippen molar-refractivity contribution in [3.63, 3.8) is 0 Å². The van der Waals surface area contributed by atoms with E-state index in [2.05, 4.69) is 5.32 Å². The molecule has 0 saturated carbocycles. The van der Waals surface area contributed by atoms with Gasteiger partial charge in [-0.25, -0.2) is 4.79 Å². The molecule has 0 aliphatic carbocycles. The maximum absolute atomic E-state index is 12.1. The van der Waals surface area contributed by atoms with Crippen LogP contribution in [0.4, 0.5) is 4.79 Å². The summed E-state index contributed by atoms with van der Waals surface area (Å²) in [5.74, 6) is -0.137. The normalized spacial score (nSPS) is 16.8. The second-order valence-corrected chi connectivity index (χ2v) is 5.85. The Morgan fingerprint density at radius 3 is 2.58 bits per heavy atom. The second kappa shape index (κ2) is 7.17. The summed E-state index contributed by atoms with van der Waals surface area (Å²) in [5.41, 5.74) is 2.71. The van der Waals surface area contributed by atoms with Crippen LogP contribution in [0.1, 0.15) is 27.6 Å². The maximum atomic E-state index is 12.1. The Bertz CT molecular complexity index is 713. The Hall–Kier alpha value is -2.82. The fourth-order valence-corrected chi connectivity index (χ4v) is 2.64. The number of cyclic esters (lactones) is 1. The molecule has 24 heavy (non-hydrogen) atoms. The van der Waals surface area contributed by atoms with Gasteiger partial charge in [-0.05, 0) is 24.6 Å². The van der Waals surface area contributed by atoms with E-state index in [9.17, 15) is 9.59 Å². The van der Waals surface area contributed by atoms with Crippen LogP contribution in [0.15, 0.2) is 54.6 Å². The zero-order valence-electron chi connectivity index (χ0n) is 13.6. The van der Waals surface area contributed by atoms with E-state index in [1.807, 2.05) is 49.4 Å². The summed E-state index contributed by atoms with van der Waals surface area (Å²) in [6.07, 6.45) is -0.583. The molecule has 1 fully saturated rings. The number of amides is 2. The van der Waals surface area contributed by atoms with Crippen molar-refractivity contribution in [2.24, 2.45) is 0 Å². The molecule has 0 bridgehead atoms. The second-order valence-electron chi connectivity index (χ2n) is 5.85. The molecule has 2 aromatic rings. The zero-order chi connectivity index (χ0) is 16.9. The number of ether oxygens (including phenoxy) is 1. The fraction of sp³-hybridized carbons (Fsp3) is 0.263. The summed E-state index contributed by atoms with van der Waals surface area (Å²) in [6.45, 7) is 3.30. The van der Waals surface area contributed by atoms with Crippen LogP contribution in [0.3, 0.4) is 0 Å². The molecular formula is C19H20N2O3. The molecule has 2 amide bonds. The first-order valence-corrected chi connectivity index (χ1v) is 7.99. The van der Waals surface area contributed by atoms with E-state index < -0.39 is 0 Å².